The number of thioether (sulfide) groups is 1. The molecule has 2 aromatic carbocycles. The highest BCUT2D eigenvalue weighted by atomic mass is 32.2. The number of hydrogen-bond acceptors (Lipinski definition) is 5. The molecule has 6 nitrogen and oxygen atoms in total. The number of amides is 2. The maximum Gasteiger partial charge on any atom is 0.228 e. The summed E-state index contributed by atoms with van der Waals surface area (Å²) < 4.78 is 25.3. The van der Waals surface area contributed by atoms with Gasteiger partial charge in [-0.3, -0.25) is 9.59 Å². The van der Waals surface area contributed by atoms with Gasteiger partial charge in [0.1, 0.15) is 0 Å². The lowest BCUT2D eigenvalue weighted by Gasteiger charge is -2.10. The molecule has 1 heterocycles. The number of fused-ring (bicyclic) bond motifs is 1. The number of carbonyl (C=O) groups excluding carboxylic acids is 2. The van der Waals surface area contributed by atoms with Gasteiger partial charge in [-0.2, -0.15) is 0 Å². The maximum absolute atomic E-state index is 12.7. The fraction of sp³-hybridized carbons (Fsp3) is 0.300. The summed E-state index contributed by atoms with van der Waals surface area (Å²) >= 11 is 1.52. The van der Waals surface area contributed by atoms with E-state index in [0.717, 1.165) is 10.5 Å². The highest BCUT2D eigenvalue weighted by Gasteiger charge is 2.23. The van der Waals surface area contributed by atoms with E-state index in [9.17, 15) is 18.0 Å². The minimum Gasteiger partial charge on any atom is -0.326 e. The molecule has 28 heavy (non-hydrogen) atoms. The summed E-state index contributed by atoms with van der Waals surface area (Å²) in [7, 11) is -3.65. The lowest BCUT2D eigenvalue weighted by atomic mass is 10.2. The summed E-state index contributed by atoms with van der Waals surface area (Å²) in [4.78, 5) is 25.1. The van der Waals surface area contributed by atoms with Crippen LogP contribution in [0.4, 0.5) is 11.4 Å². The van der Waals surface area contributed by atoms with E-state index in [0.29, 0.717) is 17.1 Å². The normalized spacial score (nSPS) is 16.6. The van der Waals surface area contributed by atoms with Crippen LogP contribution in [0.3, 0.4) is 0 Å². The largest absolute Gasteiger partial charge is 0.326 e. The number of anilines is 2. The monoisotopic (exact) mass is 418 g/mol. The molecular weight excluding hydrogens is 396 g/mol. The molecule has 3 rings (SSSR count). The van der Waals surface area contributed by atoms with Crippen molar-refractivity contribution in [1.82, 2.24) is 0 Å². The minimum absolute atomic E-state index is 0.102. The van der Waals surface area contributed by atoms with Gasteiger partial charge in [-0.15, -0.1) is 11.8 Å². The Morgan fingerprint density at radius 3 is 2.64 bits per heavy atom. The molecule has 1 aliphatic heterocycles. The van der Waals surface area contributed by atoms with Crippen molar-refractivity contribution in [3.05, 3.63) is 48.0 Å². The van der Waals surface area contributed by atoms with Crippen LogP contribution < -0.4 is 10.6 Å². The zero-order valence-electron chi connectivity index (χ0n) is 15.7. The predicted octanol–water partition coefficient (Wildman–Crippen LogP) is 3.48. The quantitative estimate of drug-likeness (QED) is 0.776. The number of sulfone groups is 1. The second kappa shape index (κ2) is 8.36. The van der Waals surface area contributed by atoms with Crippen LogP contribution in [0.2, 0.25) is 0 Å². The maximum atomic E-state index is 12.7. The molecule has 0 unspecified atom stereocenters. The van der Waals surface area contributed by atoms with Crippen LogP contribution in [0.1, 0.15) is 18.9 Å². The second-order valence-electron chi connectivity index (χ2n) is 6.84. The van der Waals surface area contributed by atoms with E-state index in [1.54, 1.807) is 18.2 Å². The Bertz CT molecular complexity index is 1000. The first kappa shape index (κ1) is 20.4. The van der Waals surface area contributed by atoms with Crippen LogP contribution in [0.5, 0.6) is 0 Å². The third-order valence-electron chi connectivity index (χ3n) is 4.44. The molecule has 8 heteroatoms. The van der Waals surface area contributed by atoms with Gasteiger partial charge in [0.25, 0.3) is 0 Å². The molecule has 0 spiro atoms. The van der Waals surface area contributed by atoms with Crippen LogP contribution in [-0.4, -0.2) is 31.7 Å². The fourth-order valence-electron chi connectivity index (χ4n) is 2.68. The van der Waals surface area contributed by atoms with Gasteiger partial charge >= 0.3 is 0 Å². The van der Waals surface area contributed by atoms with Crippen LogP contribution in [-0.2, 0) is 19.4 Å². The number of hydrogen-bond donors (Lipinski definition) is 2. The van der Waals surface area contributed by atoms with E-state index >= 15 is 0 Å². The molecular formula is C20H22N2O4S2. The summed E-state index contributed by atoms with van der Waals surface area (Å²) in [5.41, 5.74) is 2.21. The van der Waals surface area contributed by atoms with E-state index in [1.807, 2.05) is 26.0 Å². The minimum atomic E-state index is -3.65. The van der Waals surface area contributed by atoms with E-state index in [-0.39, 0.29) is 34.8 Å². The van der Waals surface area contributed by atoms with Crippen molar-refractivity contribution in [2.75, 3.05) is 22.1 Å². The van der Waals surface area contributed by atoms with E-state index in [4.69, 9.17) is 0 Å². The van der Waals surface area contributed by atoms with Gasteiger partial charge < -0.3 is 10.6 Å². The van der Waals surface area contributed by atoms with Crippen LogP contribution in [0, 0.1) is 12.8 Å². The molecule has 148 valence electrons. The number of carbonyl (C=O) groups is 2. The molecule has 2 N–H and O–H groups in total. The summed E-state index contributed by atoms with van der Waals surface area (Å²) in [6, 6.07) is 12.0. The van der Waals surface area contributed by atoms with Crippen molar-refractivity contribution in [2.45, 2.75) is 30.1 Å². The SMILES string of the molecule is Cc1ccc(NC(=O)CCS(=O)(=O)c2ccc3c(c2)NC(=O)[C@H](C)CS3)cc1. The van der Waals surface area contributed by atoms with Crippen molar-refractivity contribution in [2.24, 2.45) is 5.92 Å². The van der Waals surface area contributed by atoms with Gasteiger partial charge in [-0.1, -0.05) is 24.6 Å². The van der Waals surface area contributed by atoms with Gasteiger partial charge in [-0.25, -0.2) is 8.42 Å². The van der Waals surface area contributed by atoms with Crippen molar-refractivity contribution < 1.29 is 18.0 Å². The third kappa shape index (κ3) is 4.94. The Morgan fingerprint density at radius 1 is 1.21 bits per heavy atom. The van der Waals surface area contributed by atoms with E-state index in [1.165, 1.54) is 23.9 Å². The molecule has 0 aromatic heterocycles. The first-order valence-electron chi connectivity index (χ1n) is 8.91. The smallest absolute Gasteiger partial charge is 0.228 e. The fourth-order valence-corrected chi connectivity index (χ4v) is 4.95. The molecule has 0 fully saturated rings. The number of nitrogens with one attached hydrogen (secondary N) is 2. The summed E-state index contributed by atoms with van der Waals surface area (Å²) in [6.45, 7) is 3.78. The number of benzene rings is 2. The van der Waals surface area contributed by atoms with Crippen molar-refractivity contribution in [3.8, 4) is 0 Å². The molecule has 1 atom stereocenters. The van der Waals surface area contributed by atoms with Crippen molar-refractivity contribution in [3.63, 3.8) is 0 Å². The van der Waals surface area contributed by atoms with E-state index < -0.39 is 9.84 Å². The van der Waals surface area contributed by atoms with Gasteiger partial charge in [0, 0.05) is 28.7 Å². The zero-order chi connectivity index (χ0) is 20.3. The van der Waals surface area contributed by atoms with Crippen LogP contribution in [0.25, 0.3) is 0 Å². The molecule has 2 amide bonds. The highest BCUT2D eigenvalue weighted by Crippen LogP contribution is 2.34. The van der Waals surface area contributed by atoms with Crippen molar-refractivity contribution in [1.29, 1.82) is 0 Å². The zero-order valence-corrected chi connectivity index (χ0v) is 17.3. The van der Waals surface area contributed by atoms with Crippen LogP contribution >= 0.6 is 11.8 Å². The Hall–Kier alpha value is -2.32. The molecule has 0 radical (unpaired) electrons. The molecule has 0 saturated carbocycles. The lowest BCUT2D eigenvalue weighted by Crippen LogP contribution is -2.20. The van der Waals surface area contributed by atoms with Crippen LogP contribution in [0.15, 0.2) is 52.3 Å². The standard InChI is InChI=1S/C20H22N2O4S2/c1-13-3-5-15(6-4-13)21-19(23)9-10-28(25,26)16-7-8-18-17(11-16)22-20(24)14(2)12-27-18/h3-8,11,14H,9-10,12H2,1-2H3,(H,21,23)(H,22,24)/t14-/m1/s1. The van der Waals surface area contributed by atoms with E-state index in [2.05, 4.69) is 10.6 Å². The van der Waals surface area contributed by atoms with Gasteiger partial charge in [-0.05, 0) is 37.3 Å². The average Bonchev–Trinajstić information content (AvgIpc) is 2.80. The van der Waals surface area contributed by atoms with Gasteiger partial charge in [0.2, 0.25) is 11.8 Å². The Kier molecular flexibility index (Phi) is 6.10. The topological polar surface area (TPSA) is 92.3 Å². The van der Waals surface area contributed by atoms with Crippen molar-refractivity contribution >= 4 is 44.8 Å². The highest BCUT2D eigenvalue weighted by molar-refractivity contribution is 7.99. The van der Waals surface area contributed by atoms with Gasteiger partial charge in [0.15, 0.2) is 9.84 Å². The second-order valence-corrected chi connectivity index (χ2v) is 10.0. The average molecular weight is 419 g/mol. The lowest BCUT2D eigenvalue weighted by molar-refractivity contribution is -0.118. The third-order valence-corrected chi connectivity index (χ3v) is 7.49. The first-order valence-corrected chi connectivity index (χ1v) is 11.6. The first-order chi connectivity index (χ1) is 13.2. The summed E-state index contributed by atoms with van der Waals surface area (Å²) in [5, 5.41) is 5.48. The Balaban J connectivity index is 1.67. The number of aryl methyl sites for hydroxylation is 1. The molecule has 2 aromatic rings. The number of rotatable bonds is 5. The molecule has 0 aliphatic carbocycles. The molecule has 1 aliphatic rings. The summed E-state index contributed by atoms with van der Waals surface area (Å²) in [6.07, 6.45) is -0.147. The summed E-state index contributed by atoms with van der Waals surface area (Å²) in [5.74, 6) is -0.300. The van der Waals surface area contributed by atoms with Gasteiger partial charge in [0.05, 0.1) is 16.3 Å². The Morgan fingerprint density at radius 2 is 1.93 bits per heavy atom. The predicted molar refractivity (Wildman–Crippen MR) is 111 cm³/mol. The molecule has 0 saturated heterocycles. The molecule has 0 bridgehead atoms. The Labute approximate surface area is 169 Å².